The van der Waals surface area contributed by atoms with Gasteiger partial charge in [0.2, 0.25) is 0 Å². The number of allylic oxidation sites excluding steroid dienone is 3. The van der Waals surface area contributed by atoms with Gasteiger partial charge >= 0.3 is 11.9 Å². The Morgan fingerprint density at radius 2 is 2.03 bits per heavy atom. The number of carbonyl (C=O) groups excluding carboxylic acids is 3. The highest BCUT2D eigenvalue weighted by molar-refractivity contribution is 6.31. The second-order valence-electron chi connectivity index (χ2n) is 7.39. The van der Waals surface area contributed by atoms with Gasteiger partial charge in [-0.1, -0.05) is 24.6 Å². The molecule has 0 amide bonds. The number of Topliss-reactive ketones (excluding diaryl/α,β-unsaturated/α-hetero) is 1. The molecule has 3 atom stereocenters. The van der Waals surface area contributed by atoms with E-state index >= 15 is 0 Å². The number of hydrogen-bond donors (Lipinski definition) is 1. The molecule has 0 unspecified atom stereocenters. The predicted molar refractivity (Wildman–Crippen MR) is 108 cm³/mol. The minimum atomic E-state index is -1.10. The van der Waals surface area contributed by atoms with Crippen LogP contribution in [0.2, 0.25) is 5.02 Å². The molecule has 1 aromatic rings. The van der Waals surface area contributed by atoms with Crippen molar-refractivity contribution in [2.75, 3.05) is 13.7 Å². The zero-order chi connectivity index (χ0) is 22.2. The van der Waals surface area contributed by atoms with Crippen molar-refractivity contribution in [2.24, 2.45) is 11.8 Å². The fourth-order valence-corrected chi connectivity index (χ4v) is 4.51. The van der Waals surface area contributed by atoms with E-state index < -0.39 is 35.4 Å². The van der Waals surface area contributed by atoms with E-state index in [1.54, 1.807) is 20.8 Å². The van der Waals surface area contributed by atoms with E-state index in [0.29, 0.717) is 17.8 Å². The van der Waals surface area contributed by atoms with Crippen molar-refractivity contribution in [3.63, 3.8) is 0 Å². The van der Waals surface area contributed by atoms with Crippen molar-refractivity contribution in [2.45, 2.75) is 33.1 Å². The molecule has 0 radical (unpaired) electrons. The Balaban J connectivity index is 2.26. The fourth-order valence-electron chi connectivity index (χ4n) is 4.24. The number of hydrogen-bond acceptors (Lipinski definition) is 6. The molecule has 8 heteroatoms. The van der Waals surface area contributed by atoms with E-state index in [9.17, 15) is 18.8 Å². The lowest BCUT2D eigenvalue weighted by Crippen LogP contribution is -2.43. The molecule has 0 saturated heterocycles. The Labute approximate surface area is 179 Å². The van der Waals surface area contributed by atoms with Crippen molar-refractivity contribution in [1.29, 1.82) is 0 Å². The molecule has 30 heavy (non-hydrogen) atoms. The van der Waals surface area contributed by atoms with Crippen LogP contribution in [0.4, 0.5) is 4.39 Å². The Hall–Kier alpha value is -2.67. The highest BCUT2D eigenvalue weighted by atomic mass is 35.5. The van der Waals surface area contributed by atoms with Crippen molar-refractivity contribution in [1.82, 2.24) is 5.32 Å². The molecule has 1 N–H and O–H groups in total. The zero-order valence-corrected chi connectivity index (χ0v) is 17.9. The molecule has 3 rings (SSSR count). The highest BCUT2D eigenvalue weighted by Crippen LogP contribution is 2.47. The van der Waals surface area contributed by atoms with Crippen LogP contribution in [0.15, 0.2) is 40.7 Å². The number of ketones is 1. The predicted octanol–water partition coefficient (Wildman–Crippen LogP) is 3.66. The average molecular weight is 436 g/mol. The van der Waals surface area contributed by atoms with Crippen molar-refractivity contribution >= 4 is 29.3 Å². The lowest BCUT2D eigenvalue weighted by atomic mass is 9.69. The summed E-state index contributed by atoms with van der Waals surface area (Å²) in [5, 5.41) is 3.18. The second-order valence-corrected chi connectivity index (χ2v) is 7.80. The van der Waals surface area contributed by atoms with E-state index in [4.69, 9.17) is 21.1 Å². The summed E-state index contributed by atoms with van der Waals surface area (Å²) in [6, 6.07) is 4.16. The van der Waals surface area contributed by atoms with Crippen molar-refractivity contribution in [3.05, 3.63) is 57.1 Å². The number of nitrogens with one attached hydrogen (secondary N) is 1. The van der Waals surface area contributed by atoms with Gasteiger partial charge in [-0.05, 0) is 38.3 Å². The third-order valence-electron chi connectivity index (χ3n) is 5.53. The molecule has 0 aromatic heterocycles. The van der Waals surface area contributed by atoms with Gasteiger partial charge in [0.05, 0.1) is 25.2 Å². The number of benzene rings is 1. The van der Waals surface area contributed by atoms with Gasteiger partial charge < -0.3 is 14.8 Å². The number of ether oxygens (including phenoxy) is 2. The van der Waals surface area contributed by atoms with Gasteiger partial charge in [0.1, 0.15) is 11.7 Å². The first-order valence-corrected chi connectivity index (χ1v) is 10.0. The first-order chi connectivity index (χ1) is 14.2. The van der Waals surface area contributed by atoms with Gasteiger partial charge in [-0.3, -0.25) is 9.59 Å². The van der Waals surface area contributed by atoms with Gasteiger partial charge in [-0.25, -0.2) is 9.18 Å². The summed E-state index contributed by atoms with van der Waals surface area (Å²) in [4.78, 5) is 38.6. The monoisotopic (exact) mass is 435 g/mol. The second kappa shape index (κ2) is 8.60. The molecule has 6 nitrogen and oxygen atoms in total. The molecule has 160 valence electrons. The van der Waals surface area contributed by atoms with Gasteiger partial charge in [0.15, 0.2) is 5.78 Å². The Bertz CT molecular complexity index is 963. The molecule has 0 bridgehead atoms. The van der Waals surface area contributed by atoms with Crippen LogP contribution >= 0.6 is 11.6 Å². The molecular formula is C22H23ClFNO5. The molecule has 0 spiro atoms. The van der Waals surface area contributed by atoms with Crippen LogP contribution in [0.1, 0.15) is 38.7 Å². The van der Waals surface area contributed by atoms with Crippen molar-refractivity contribution in [3.8, 4) is 0 Å². The van der Waals surface area contributed by atoms with Gasteiger partial charge in [0, 0.05) is 27.6 Å². The van der Waals surface area contributed by atoms with E-state index in [-0.39, 0.29) is 34.3 Å². The van der Waals surface area contributed by atoms with Crippen LogP contribution in [-0.4, -0.2) is 31.4 Å². The van der Waals surface area contributed by atoms with Crippen LogP contribution in [0.5, 0.6) is 0 Å². The normalized spacial score (nSPS) is 23.7. The van der Waals surface area contributed by atoms with Crippen LogP contribution in [0.3, 0.4) is 0 Å². The molecular weight excluding hydrogens is 413 g/mol. The summed E-state index contributed by atoms with van der Waals surface area (Å²) in [5.41, 5.74) is 1.23. The standard InChI is InChI=1S/C22H23ClFNO5/c1-5-30-22(28)16-11(3)25-14-9-10(2)15(21(27)29-4)20(26)18(14)19(16)17-12(23)7-6-8-13(17)24/h6-8,10,15,19,25H,5,9H2,1-4H3/t10-,15-,19+/m1/s1. The average Bonchev–Trinajstić information content (AvgIpc) is 2.67. The van der Waals surface area contributed by atoms with Gasteiger partial charge in [-0.15, -0.1) is 0 Å². The fraction of sp³-hybridized carbons (Fsp3) is 0.409. The Kier molecular flexibility index (Phi) is 6.31. The van der Waals surface area contributed by atoms with E-state index in [1.807, 2.05) is 0 Å². The van der Waals surface area contributed by atoms with Crippen LogP contribution in [0, 0.1) is 17.7 Å². The van der Waals surface area contributed by atoms with Crippen LogP contribution in [-0.2, 0) is 23.9 Å². The van der Waals surface area contributed by atoms with Crippen LogP contribution in [0.25, 0.3) is 0 Å². The number of methoxy groups -OCH3 is 1. The highest BCUT2D eigenvalue weighted by Gasteiger charge is 2.48. The summed E-state index contributed by atoms with van der Waals surface area (Å²) in [7, 11) is 1.21. The molecule has 1 aliphatic heterocycles. The minimum absolute atomic E-state index is 0.00193. The third kappa shape index (κ3) is 3.62. The summed E-state index contributed by atoms with van der Waals surface area (Å²) in [6.45, 7) is 5.20. The number of carbonyl (C=O) groups is 3. The maximum Gasteiger partial charge on any atom is 0.336 e. The lowest BCUT2D eigenvalue weighted by Gasteiger charge is -2.38. The van der Waals surface area contributed by atoms with E-state index in [1.165, 1.54) is 25.3 Å². The third-order valence-corrected chi connectivity index (χ3v) is 5.86. The maximum absolute atomic E-state index is 15.0. The number of esters is 2. The maximum atomic E-state index is 15.0. The first-order valence-electron chi connectivity index (χ1n) is 9.66. The number of rotatable bonds is 4. The topological polar surface area (TPSA) is 81.7 Å². The molecule has 2 aliphatic rings. The van der Waals surface area contributed by atoms with E-state index in [0.717, 1.165) is 0 Å². The number of halogens is 2. The van der Waals surface area contributed by atoms with Crippen molar-refractivity contribution < 1.29 is 28.2 Å². The molecule has 1 aromatic carbocycles. The van der Waals surface area contributed by atoms with E-state index in [2.05, 4.69) is 5.32 Å². The van der Waals surface area contributed by atoms with Gasteiger partial charge in [0.25, 0.3) is 0 Å². The summed E-state index contributed by atoms with van der Waals surface area (Å²) in [6.07, 6.45) is 0.358. The Morgan fingerprint density at radius 1 is 1.33 bits per heavy atom. The first kappa shape index (κ1) is 22.0. The summed E-state index contributed by atoms with van der Waals surface area (Å²) in [5.74, 6) is -4.99. The van der Waals surface area contributed by atoms with Gasteiger partial charge in [-0.2, -0.15) is 0 Å². The SMILES string of the molecule is CCOC(=O)C1=C(C)NC2=C(C(=O)[C@H](C(=O)OC)[C@H](C)C2)[C@@H]1c1c(F)cccc1Cl. The smallest absolute Gasteiger partial charge is 0.336 e. The largest absolute Gasteiger partial charge is 0.468 e. The minimum Gasteiger partial charge on any atom is -0.468 e. The molecule has 1 aliphatic carbocycles. The molecule has 1 heterocycles. The Morgan fingerprint density at radius 3 is 2.63 bits per heavy atom. The summed E-state index contributed by atoms with van der Waals surface area (Å²) < 4.78 is 25.0. The number of dihydropyridines is 1. The van der Waals surface area contributed by atoms with Crippen LogP contribution < -0.4 is 5.32 Å². The molecule has 0 fully saturated rings. The zero-order valence-electron chi connectivity index (χ0n) is 17.2. The quantitative estimate of drug-likeness (QED) is 0.574. The summed E-state index contributed by atoms with van der Waals surface area (Å²) >= 11 is 6.33. The molecule has 0 saturated carbocycles. The lowest BCUT2D eigenvalue weighted by molar-refractivity contribution is -0.151.